The van der Waals surface area contributed by atoms with E-state index >= 15 is 0 Å². The average Bonchev–Trinajstić information content (AvgIpc) is 3.53. The molecule has 0 bridgehead atoms. The fourth-order valence-corrected chi connectivity index (χ4v) is 3.96. The summed E-state index contributed by atoms with van der Waals surface area (Å²) in [6.45, 7) is 2.19. The Morgan fingerprint density at radius 3 is 2.82 bits per heavy atom. The molecule has 1 aliphatic rings. The Labute approximate surface area is 191 Å². The highest BCUT2D eigenvalue weighted by Gasteiger charge is 2.26. The van der Waals surface area contributed by atoms with Crippen molar-refractivity contribution in [3.8, 4) is 5.75 Å². The van der Waals surface area contributed by atoms with Gasteiger partial charge in [-0.1, -0.05) is 18.2 Å². The third-order valence-corrected chi connectivity index (χ3v) is 5.67. The Morgan fingerprint density at radius 2 is 2.03 bits per heavy atom. The number of fused-ring (bicyclic) bond motifs is 1. The smallest absolute Gasteiger partial charge is 0.259 e. The van der Waals surface area contributed by atoms with Crippen molar-refractivity contribution in [1.82, 2.24) is 24.5 Å². The first-order valence-electron chi connectivity index (χ1n) is 11.1. The van der Waals surface area contributed by atoms with Crippen molar-refractivity contribution in [3.63, 3.8) is 0 Å². The van der Waals surface area contributed by atoms with Gasteiger partial charge in [0.05, 0.1) is 12.3 Å². The maximum Gasteiger partial charge on any atom is 0.259 e. The number of hydrogen-bond donors (Lipinski definition) is 0. The summed E-state index contributed by atoms with van der Waals surface area (Å²) in [4.78, 5) is 23.8. The van der Waals surface area contributed by atoms with Gasteiger partial charge in [0.15, 0.2) is 5.65 Å². The van der Waals surface area contributed by atoms with E-state index in [1.165, 1.54) is 0 Å². The number of carbonyl (C=O) groups excluding carboxylic acids is 1. The largest absolute Gasteiger partial charge is 0.489 e. The van der Waals surface area contributed by atoms with Crippen LogP contribution < -0.4 is 4.74 Å². The highest BCUT2D eigenvalue weighted by Crippen LogP contribution is 2.20. The second kappa shape index (κ2) is 9.79. The topological polar surface area (TPSA) is 81.9 Å². The van der Waals surface area contributed by atoms with Gasteiger partial charge in [-0.3, -0.25) is 9.78 Å². The Bertz CT molecular complexity index is 1200. The summed E-state index contributed by atoms with van der Waals surface area (Å²) in [6, 6.07) is 13.5. The normalized spacial score (nSPS) is 15.6. The average molecular weight is 444 g/mol. The number of carbonyl (C=O) groups is 1. The Hall–Kier alpha value is -3.78. The number of benzene rings is 1. The molecule has 0 spiro atoms. The zero-order valence-corrected chi connectivity index (χ0v) is 18.2. The van der Waals surface area contributed by atoms with Gasteiger partial charge in [0, 0.05) is 50.0 Å². The van der Waals surface area contributed by atoms with Gasteiger partial charge in [-0.05, 0) is 42.7 Å². The van der Waals surface area contributed by atoms with Crippen LogP contribution in [0.3, 0.4) is 0 Å². The summed E-state index contributed by atoms with van der Waals surface area (Å²) in [6.07, 6.45) is 10.6. The minimum atomic E-state index is -0.101. The van der Waals surface area contributed by atoms with Gasteiger partial charge in [0.1, 0.15) is 17.9 Å². The van der Waals surface area contributed by atoms with Crippen LogP contribution in [-0.2, 0) is 17.9 Å². The van der Waals surface area contributed by atoms with E-state index in [-0.39, 0.29) is 12.0 Å². The molecule has 8 nitrogen and oxygen atoms in total. The first kappa shape index (κ1) is 21.1. The van der Waals surface area contributed by atoms with Gasteiger partial charge in [-0.25, -0.2) is 9.50 Å². The number of rotatable bonds is 8. The Balaban J connectivity index is 1.31. The van der Waals surface area contributed by atoms with Crippen LogP contribution in [0.2, 0.25) is 0 Å². The molecule has 1 amide bonds. The fourth-order valence-electron chi connectivity index (χ4n) is 3.96. The lowest BCUT2D eigenvalue weighted by atomic mass is 10.1. The maximum absolute atomic E-state index is 13.5. The number of ether oxygens (including phenoxy) is 2. The van der Waals surface area contributed by atoms with E-state index in [1.807, 2.05) is 41.3 Å². The molecule has 1 aliphatic heterocycles. The van der Waals surface area contributed by atoms with E-state index in [0.717, 1.165) is 36.3 Å². The van der Waals surface area contributed by atoms with E-state index in [9.17, 15) is 4.79 Å². The van der Waals surface area contributed by atoms with Crippen LogP contribution >= 0.6 is 0 Å². The maximum atomic E-state index is 13.5. The molecule has 0 aliphatic carbocycles. The molecule has 0 unspecified atom stereocenters. The molecule has 1 fully saturated rings. The molecule has 3 aromatic heterocycles. The number of aromatic nitrogens is 4. The first-order chi connectivity index (χ1) is 16.3. The van der Waals surface area contributed by atoms with Crippen molar-refractivity contribution < 1.29 is 14.3 Å². The molecular weight excluding hydrogens is 418 g/mol. The molecule has 33 heavy (non-hydrogen) atoms. The zero-order valence-electron chi connectivity index (χ0n) is 18.2. The van der Waals surface area contributed by atoms with Crippen LogP contribution in [0, 0.1) is 0 Å². The molecule has 0 saturated carbocycles. The molecule has 0 N–H and O–H groups in total. The summed E-state index contributed by atoms with van der Waals surface area (Å²) in [5, 5.41) is 4.27. The predicted molar refractivity (Wildman–Crippen MR) is 122 cm³/mol. The SMILES string of the molecule is O=C(c1cnn2cccnc12)N(Cc1ccc(OCc2cccnc2)cc1)C[C@H]1CCCO1. The number of hydrogen-bond acceptors (Lipinski definition) is 6. The molecule has 8 heteroatoms. The van der Waals surface area contributed by atoms with Gasteiger partial charge < -0.3 is 14.4 Å². The molecule has 1 saturated heterocycles. The Morgan fingerprint density at radius 1 is 1.12 bits per heavy atom. The van der Waals surface area contributed by atoms with Crippen molar-refractivity contribution in [1.29, 1.82) is 0 Å². The second-order valence-electron chi connectivity index (χ2n) is 8.06. The standard InChI is InChI=1S/C25H25N5O3/c31-25(23-15-28-30-12-3-11-27-24(23)30)29(17-22-5-2-13-32-22)16-19-6-8-21(9-7-19)33-18-20-4-1-10-26-14-20/h1,3-4,6-12,14-15,22H,2,5,13,16-18H2/t22-/m1/s1. The van der Waals surface area contributed by atoms with Crippen molar-refractivity contribution >= 4 is 11.6 Å². The van der Waals surface area contributed by atoms with E-state index in [1.54, 1.807) is 41.6 Å². The number of pyridine rings is 1. The molecule has 5 rings (SSSR count). The van der Waals surface area contributed by atoms with Gasteiger partial charge in [0.2, 0.25) is 0 Å². The summed E-state index contributed by atoms with van der Waals surface area (Å²) >= 11 is 0. The summed E-state index contributed by atoms with van der Waals surface area (Å²) < 4.78 is 13.3. The van der Waals surface area contributed by atoms with Crippen LogP contribution in [0.4, 0.5) is 0 Å². The van der Waals surface area contributed by atoms with Crippen LogP contribution in [0.5, 0.6) is 5.75 Å². The lowest BCUT2D eigenvalue weighted by Gasteiger charge is -2.25. The van der Waals surface area contributed by atoms with Gasteiger partial charge in [0.25, 0.3) is 5.91 Å². The fraction of sp³-hybridized carbons (Fsp3) is 0.280. The number of amides is 1. The van der Waals surface area contributed by atoms with Gasteiger partial charge >= 0.3 is 0 Å². The van der Waals surface area contributed by atoms with Crippen molar-refractivity contribution in [2.75, 3.05) is 13.2 Å². The molecule has 168 valence electrons. The predicted octanol–water partition coefficient (Wildman–Crippen LogP) is 3.52. The van der Waals surface area contributed by atoms with Crippen molar-refractivity contribution in [2.45, 2.75) is 32.1 Å². The molecule has 1 atom stereocenters. The van der Waals surface area contributed by atoms with E-state index in [4.69, 9.17) is 9.47 Å². The van der Waals surface area contributed by atoms with Crippen LogP contribution in [0.25, 0.3) is 5.65 Å². The number of nitrogens with zero attached hydrogens (tertiary/aromatic N) is 5. The minimum Gasteiger partial charge on any atom is -0.489 e. The van der Waals surface area contributed by atoms with Crippen LogP contribution in [0.1, 0.15) is 34.3 Å². The second-order valence-corrected chi connectivity index (χ2v) is 8.06. The quantitative estimate of drug-likeness (QED) is 0.414. The molecule has 4 aromatic rings. The molecular formula is C25H25N5O3. The lowest BCUT2D eigenvalue weighted by molar-refractivity contribution is 0.0508. The van der Waals surface area contributed by atoms with Gasteiger partial charge in [-0.2, -0.15) is 5.10 Å². The summed E-state index contributed by atoms with van der Waals surface area (Å²) in [5.41, 5.74) is 3.07. The van der Waals surface area contributed by atoms with E-state index in [0.29, 0.717) is 30.9 Å². The highest BCUT2D eigenvalue weighted by atomic mass is 16.5. The van der Waals surface area contributed by atoms with Gasteiger partial charge in [-0.15, -0.1) is 0 Å². The molecule has 0 radical (unpaired) electrons. The van der Waals surface area contributed by atoms with Crippen molar-refractivity contribution in [3.05, 3.63) is 90.1 Å². The van der Waals surface area contributed by atoms with Crippen molar-refractivity contribution in [2.24, 2.45) is 0 Å². The van der Waals surface area contributed by atoms with Crippen LogP contribution in [0.15, 0.2) is 73.4 Å². The highest BCUT2D eigenvalue weighted by molar-refractivity contribution is 5.99. The summed E-state index contributed by atoms with van der Waals surface area (Å²) in [7, 11) is 0. The monoisotopic (exact) mass is 443 g/mol. The first-order valence-corrected chi connectivity index (χ1v) is 11.1. The zero-order chi connectivity index (χ0) is 22.5. The molecule has 4 heterocycles. The van der Waals surface area contributed by atoms with E-state index in [2.05, 4.69) is 15.1 Å². The van der Waals surface area contributed by atoms with E-state index < -0.39 is 0 Å². The minimum absolute atomic E-state index is 0.0471. The third kappa shape index (κ3) is 5.01. The Kier molecular flexibility index (Phi) is 6.25. The summed E-state index contributed by atoms with van der Waals surface area (Å²) in [5.74, 6) is 0.669. The lowest BCUT2D eigenvalue weighted by Crippen LogP contribution is -2.37. The van der Waals surface area contributed by atoms with Crippen LogP contribution in [-0.4, -0.2) is 49.6 Å². The molecule has 1 aromatic carbocycles. The third-order valence-electron chi connectivity index (χ3n) is 5.67.